The highest BCUT2D eigenvalue weighted by atomic mass is 35.5. The summed E-state index contributed by atoms with van der Waals surface area (Å²) in [6.07, 6.45) is -0.0176. The molecule has 0 bridgehead atoms. The Balaban J connectivity index is 1.76. The first-order chi connectivity index (χ1) is 13.7. The lowest BCUT2D eigenvalue weighted by molar-refractivity contribution is -0.130. The van der Waals surface area contributed by atoms with Crippen molar-refractivity contribution in [3.05, 3.63) is 41.5 Å². The molecule has 2 atom stereocenters. The number of nitrogens with one attached hydrogen (secondary N) is 1. The largest absolute Gasteiger partial charge is 0.350 e. The van der Waals surface area contributed by atoms with Crippen LogP contribution in [0, 0.1) is 5.82 Å². The van der Waals surface area contributed by atoms with Gasteiger partial charge in [-0.15, -0.1) is 21.8 Å². The molecule has 29 heavy (non-hydrogen) atoms. The van der Waals surface area contributed by atoms with Gasteiger partial charge in [0, 0.05) is 19.0 Å². The van der Waals surface area contributed by atoms with Crippen LogP contribution in [-0.2, 0) is 21.5 Å². The smallest absolute Gasteiger partial charge is 0.235 e. The van der Waals surface area contributed by atoms with Gasteiger partial charge in [-0.05, 0) is 37.6 Å². The van der Waals surface area contributed by atoms with Crippen molar-refractivity contribution in [2.24, 2.45) is 0 Å². The predicted octanol–water partition coefficient (Wildman–Crippen LogP) is 1.46. The number of tetrazole rings is 1. The molecular formula is C19H24ClFN6O2. The van der Waals surface area contributed by atoms with Gasteiger partial charge in [0.05, 0.1) is 18.0 Å². The number of hydrogen-bond acceptors (Lipinski definition) is 5. The highest BCUT2D eigenvalue weighted by molar-refractivity contribution is 6.27. The first-order valence-corrected chi connectivity index (χ1v) is 9.89. The molecule has 0 aliphatic carbocycles. The van der Waals surface area contributed by atoms with Crippen molar-refractivity contribution in [2.45, 2.75) is 44.7 Å². The van der Waals surface area contributed by atoms with E-state index in [1.165, 1.54) is 10.9 Å². The monoisotopic (exact) mass is 422 g/mol. The van der Waals surface area contributed by atoms with Gasteiger partial charge in [0.1, 0.15) is 11.7 Å². The number of rotatable bonds is 5. The molecule has 0 spiro atoms. The van der Waals surface area contributed by atoms with Gasteiger partial charge in [0.2, 0.25) is 11.8 Å². The van der Waals surface area contributed by atoms with Crippen molar-refractivity contribution in [2.75, 3.05) is 19.0 Å². The molecule has 1 fully saturated rings. The van der Waals surface area contributed by atoms with Crippen molar-refractivity contribution in [1.82, 2.24) is 30.4 Å². The summed E-state index contributed by atoms with van der Waals surface area (Å²) >= 11 is 5.61. The van der Waals surface area contributed by atoms with Crippen LogP contribution in [-0.4, -0.2) is 61.9 Å². The second-order valence-corrected chi connectivity index (χ2v) is 8.34. The van der Waals surface area contributed by atoms with Gasteiger partial charge in [-0.1, -0.05) is 18.2 Å². The van der Waals surface area contributed by atoms with Crippen LogP contribution < -0.4 is 5.32 Å². The van der Waals surface area contributed by atoms with Gasteiger partial charge in [-0.2, -0.15) is 4.80 Å². The van der Waals surface area contributed by atoms with Crippen LogP contribution in [0.2, 0.25) is 0 Å². The highest BCUT2D eigenvalue weighted by Gasteiger charge is 2.38. The molecule has 1 aromatic heterocycles. The van der Waals surface area contributed by atoms with Crippen molar-refractivity contribution in [3.8, 4) is 0 Å². The zero-order chi connectivity index (χ0) is 21.2. The molecule has 1 aliphatic rings. The lowest BCUT2D eigenvalue weighted by Gasteiger charge is -2.19. The normalized spacial score (nSPS) is 19.4. The average molecular weight is 423 g/mol. The van der Waals surface area contributed by atoms with Gasteiger partial charge in [0.25, 0.3) is 0 Å². The van der Waals surface area contributed by atoms with Crippen molar-refractivity contribution in [1.29, 1.82) is 0 Å². The number of benzene rings is 1. The Labute approximate surface area is 173 Å². The molecule has 2 heterocycles. The Bertz CT molecular complexity index is 897. The second kappa shape index (κ2) is 8.44. The SMILES string of the molecule is CC(C)(C)n1nnc(CC(=O)N2C[C@@H](NC(=O)CCl)[C@H](c3ccccc3F)C2)n1. The Hall–Kier alpha value is -2.55. The van der Waals surface area contributed by atoms with E-state index in [2.05, 4.69) is 20.7 Å². The van der Waals surface area contributed by atoms with E-state index in [9.17, 15) is 14.0 Å². The topological polar surface area (TPSA) is 93.0 Å². The van der Waals surface area contributed by atoms with Crippen LogP contribution in [0.25, 0.3) is 0 Å². The molecule has 156 valence electrons. The fraction of sp³-hybridized carbons (Fsp3) is 0.526. The third-order valence-electron chi connectivity index (χ3n) is 4.81. The maximum atomic E-state index is 14.4. The van der Waals surface area contributed by atoms with E-state index in [1.54, 1.807) is 23.1 Å². The Kier molecular flexibility index (Phi) is 6.16. The molecule has 0 unspecified atom stereocenters. The number of carbonyl (C=O) groups excluding carboxylic acids is 2. The summed E-state index contributed by atoms with van der Waals surface area (Å²) in [4.78, 5) is 27.7. The summed E-state index contributed by atoms with van der Waals surface area (Å²) in [6, 6.07) is 5.95. The van der Waals surface area contributed by atoms with Crippen LogP contribution in [0.4, 0.5) is 4.39 Å². The van der Waals surface area contributed by atoms with Crippen molar-refractivity contribution >= 4 is 23.4 Å². The van der Waals surface area contributed by atoms with Crippen LogP contribution in [0.5, 0.6) is 0 Å². The molecule has 0 radical (unpaired) electrons. The average Bonchev–Trinajstić information content (AvgIpc) is 3.29. The van der Waals surface area contributed by atoms with Gasteiger partial charge in [0.15, 0.2) is 5.82 Å². The fourth-order valence-corrected chi connectivity index (χ4v) is 3.41. The first-order valence-electron chi connectivity index (χ1n) is 9.36. The molecular weight excluding hydrogens is 399 g/mol. The van der Waals surface area contributed by atoms with E-state index in [0.717, 1.165) is 0 Å². The van der Waals surface area contributed by atoms with E-state index < -0.39 is 6.04 Å². The summed E-state index contributed by atoms with van der Waals surface area (Å²) in [7, 11) is 0. The van der Waals surface area contributed by atoms with E-state index in [-0.39, 0.29) is 54.5 Å². The van der Waals surface area contributed by atoms with Gasteiger partial charge in [-0.3, -0.25) is 9.59 Å². The number of hydrogen-bond donors (Lipinski definition) is 1. The van der Waals surface area contributed by atoms with E-state index >= 15 is 0 Å². The maximum absolute atomic E-state index is 14.4. The number of amides is 2. The Morgan fingerprint density at radius 2 is 2.00 bits per heavy atom. The molecule has 1 saturated heterocycles. The van der Waals surface area contributed by atoms with E-state index in [4.69, 9.17) is 11.6 Å². The molecule has 1 N–H and O–H groups in total. The molecule has 2 aromatic rings. The van der Waals surface area contributed by atoms with Crippen LogP contribution in [0.3, 0.4) is 0 Å². The molecule has 1 aromatic carbocycles. The number of halogens is 2. The predicted molar refractivity (Wildman–Crippen MR) is 105 cm³/mol. The first kappa shape index (κ1) is 21.2. The number of likely N-dealkylation sites (tertiary alicyclic amines) is 1. The van der Waals surface area contributed by atoms with Crippen molar-refractivity contribution in [3.63, 3.8) is 0 Å². The standard InChI is InChI=1S/C19H24ClFN6O2/c1-19(2,3)27-24-16(23-25-27)8-18(29)26-10-13(12-6-4-5-7-14(12)21)15(11-26)22-17(28)9-20/h4-7,13,15H,8-11H2,1-3H3,(H,22,28)/t13-,15+/m0/s1. The molecule has 8 nitrogen and oxygen atoms in total. The lowest BCUT2D eigenvalue weighted by Crippen LogP contribution is -2.41. The van der Waals surface area contributed by atoms with E-state index in [1.807, 2.05) is 20.8 Å². The quantitative estimate of drug-likeness (QED) is 0.736. The minimum Gasteiger partial charge on any atom is -0.350 e. The number of aromatic nitrogens is 4. The summed E-state index contributed by atoms with van der Waals surface area (Å²) in [5, 5.41) is 15.0. The summed E-state index contributed by atoms with van der Waals surface area (Å²) in [6.45, 7) is 6.34. The minimum atomic E-state index is -0.430. The summed E-state index contributed by atoms with van der Waals surface area (Å²) in [5.41, 5.74) is 0.119. The zero-order valence-electron chi connectivity index (χ0n) is 16.6. The molecule has 1 aliphatic heterocycles. The minimum absolute atomic E-state index is 0.0176. The number of nitrogens with zero attached hydrogens (tertiary/aromatic N) is 5. The number of alkyl halides is 1. The third-order valence-corrected chi connectivity index (χ3v) is 5.05. The lowest BCUT2D eigenvalue weighted by atomic mass is 9.94. The highest BCUT2D eigenvalue weighted by Crippen LogP contribution is 2.30. The Morgan fingerprint density at radius 3 is 2.62 bits per heavy atom. The summed E-state index contributed by atoms with van der Waals surface area (Å²) < 4.78 is 14.4. The van der Waals surface area contributed by atoms with Gasteiger partial charge < -0.3 is 10.2 Å². The van der Waals surface area contributed by atoms with Crippen LogP contribution in [0.1, 0.15) is 38.1 Å². The fourth-order valence-electron chi connectivity index (χ4n) is 3.34. The van der Waals surface area contributed by atoms with Gasteiger partial charge in [-0.25, -0.2) is 4.39 Å². The number of carbonyl (C=O) groups is 2. The van der Waals surface area contributed by atoms with E-state index in [0.29, 0.717) is 11.4 Å². The molecule has 10 heteroatoms. The molecule has 2 amide bonds. The zero-order valence-corrected chi connectivity index (χ0v) is 17.4. The van der Waals surface area contributed by atoms with Crippen LogP contribution >= 0.6 is 11.6 Å². The second-order valence-electron chi connectivity index (χ2n) is 8.08. The van der Waals surface area contributed by atoms with Crippen molar-refractivity contribution < 1.29 is 14.0 Å². The van der Waals surface area contributed by atoms with Gasteiger partial charge >= 0.3 is 0 Å². The molecule has 0 saturated carbocycles. The third kappa shape index (κ3) is 4.90. The maximum Gasteiger partial charge on any atom is 0.235 e. The molecule has 3 rings (SSSR count). The summed E-state index contributed by atoms with van der Waals surface area (Å²) in [5.74, 6) is -1.18. The van der Waals surface area contributed by atoms with Crippen LogP contribution in [0.15, 0.2) is 24.3 Å². The Morgan fingerprint density at radius 1 is 1.28 bits per heavy atom.